The fourth-order valence-corrected chi connectivity index (χ4v) is 2.93. The lowest BCUT2D eigenvalue weighted by atomic mass is 10.0. The predicted octanol–water partition coefficient (Wildman–Crippen LogP) is 1.80. The molecule has 0 unspecified atom stereocenters. The number of aryl methyl sites for hydroxylation is 1. The molecule has 1 saturated heterocycles. The van der Waals surface area contributed by atoms with E-state index in [1.54, 1.807) is 31.2 Å². The van der Waals surface area contributed by atoms with Crippen LogP contribution in [0.4, 0.5) is 0 Å². The Bertz CT molecular complexity index is 751. The molecule has 0 aliphatic carbocycles. The van der Waals surface area contributed by atoms with Gasteiger partial charge in [0.1, 0.15) is 5.75 Å². The van der Waals surface area contributed by atoms with Gasteiger partial charge >= 0.3 is 0 Å². The van der Waals surface area contributed by atoms with E-state index >= 15 is 0 Å². The Morgan fingerprint density at radius 3 is 2.59 bits per heavy atom. The lowest BCUT2D eigenvalue weighted by molar-refractivity contribution is -0.00923. The molecule has 1 aliphatic rings. The molecule has 3 rings (SSSR count). The quantitative estimate of drug-likeness (QED) is 0.790. The van der Waals surface area contributed by atoms with Crippen LogP contribution in [0.2, 0.25) is 0 Å². The van der Waals surface area contributed by atoms with Crippen molar-refractivity contribution in [1.29, 1.82) is 0 Å². The maximum absolute atomic E-state index is 12.4. The van der Waals surface area contributed by atoms with Gasteiger partial charge in [0.25, 0.3) is 5.91 Å². The van der Waals surface area contributed by atoms with Crippen molar-refractivity contribution < 1.29 is 18.8 Å². The van der Waals surface area contributed by atoms with Gasteiger partial charge in [0, 0.05) is 37.7 Å². The van der Waals surface area contributed by atoms with Gasteiger partial charge in [0.15, 0.2) is 6.61 Å². The number of benzene rings is 1. The molecule has 0 bridgehead atoms. The molecule has 1 aromatic carbocycles. The molecule has 146 valence electrons. The summed E-state index contributed by atoms with van der Waals surface area (Å²) in [7, 11) is 0. The summed E-state index contributed by atoms with van der Waals surface area (Å²) in [5, 5.41) is 6.80. The third kappa shape index (κ3) is 5.27. The molecule has 2 aromatic rings. The lowest BCUT2D eigenvalue weighted by Crippen LogP contribution is -2.55. The molecule has 1 amide bonds. The Balaban J connectivity index is 1.49. The molecule has 0 spiro atoms. The van der Waals surface area contributed by atoms with Crippen LogP contribution in [-0.2, 0) is 11.3 Å². The second kappa shape index (κ2) is 8.49. The van der Waals surface area contributed by atoms with E-state index in [1.165, 1.54) is 0 Å². The fourth-order valence-electron chi connectivity index (χ4n) is 2.93. The van der Waals surface area contributed by atoms with Gasteiger partial charge in [0.05, 0.1) is 13.2 Å². The first-order chi connectivity index (χ1) is 12.9. The van der Waals surface area contributed by atoms with E-state index in [0.717, 1.165) is 26.3 Å². The highest BCUT2D eigenvalue weighted by Crippen LogP contribution is 2.16. The SMILES string of the molecule is Cc1nc(COc2ccc(C(=O)NCC(C)(C)N3CCOCC3)cc2)no1. The van der Waals surface area contributed by atoms with E-state index < -0.39 is 0 Å². The number of hydrogen-bond donors (Lipinski definition) is 1. The number of carbonyl (C=O) groups excluding carboxylic acids is 1. The molecular weight excluding hydrogens is 348 g/mol. The molecule has 1 aliphatic heterocycles. The van der Waals surface area contributed by atoms with Crippen LogP contribution in [0.1, 0.15) is 35.9 Å². The maximum atomic E-state index is 12.4. The fraction of sp³-hybridized carbons (Fsp3) is 0.526. The van der Waals surface area contributed by atoms with Crippen LogP contribution in [0.3, 0.4) is 0 Å². The van der Waals surface area contributed by atoms with Crippen molar-refractivity contribution >= 4 is 5.91 Å². The summed E-state index contributed by atoms with van der Waals surface area (Å²) < 4.78 is 15.9. The molecule has 27 heavy (non-hydrogen) atoms. The summed E-state index contributed by atoms with van der Waals surface area (Å²) in [5.74, 6) is 1.53. The minimum Gasteiger partial charge on any atom is -0.485 e. The van der Waals surface area contributed by atoms with Gasteiger partial charge in [-0.15, -0.1) is 0 Å². The Labute approximate surface area is 158 Å². The highest BCUT2D eigenvalue weighted by Gasteiger charge is 2.28. The molecule has 1 aromatic heterocycles. The molecule has 8 heteroatoms. The Morgan fingerprint density at radius 1 is 1.26 bits per heavy atom. The summed E-state index contributed by atoms with van der Waals surface area (Å²) in [4.78, 5) is 18.9. The number of rotatable bonds is 7. The zero-order valence-corrected chi connectivity index (χ0v) is 16.0. The summed E-state index contributed by atoms with van der Waals surface area (Å²) in [6, 6.07) is 7.01. The summed E-state index contributed by atoms with van der Waals surface area (Å²) in [5.41, 5.74) is 0.473. The van der Waals surface area contributed by atoms with E-state index in [4.69, 9.17) is 14.0 Å². The molecule has 0 radical (unpaired) electrons. The molecule has 2 heterocycles. The number of hydrogen-bond acceptors (Lipinski definition) is 7. The van der Waals surface area contributed by atoms with Gasteiger partial charge in [-0.25, -0.2) is 0 Å². The molecule has 0 saturated carbocycles. The van der Waals surface area contributed by atoms with Crippen LogP contribution in [0.15, 0.2) is 28.8 Å². The van der Waals surface area contributed by atoms with Crippen LogP contribution in [0.25, 0.3) is 0 Å². The van der Waals surface area contributed by atoms with E-state index in [2.05, 4.69) is 34.2 Å². The van der Waals surface area contributed by atoms with Gasteiger partial charge in [-0.05, 0) is 38.1 Å². The molecule has 8 nitrogen and oxygen atoms in total. The topological polar surface area (TPSA) is 89.7 Å². The minimum atomic E-state index is -0.120. The smallest absolute Gasteiger partial charge is 0.251 e. The van der Waals surface area contributed by atoms with Crippen LogP contribution in [-0.4, -0.2) is 59.3 Å². The third-order valence-corrected chi connectivity index (χ3v) is 4.60. The zero-order valence-electron chi connectivity index (χ0n) is 16.0. The number of carbonyl (C=O) groups is 1. The Morgan fingerprint density at radius 2 is 1.96 bits per heavy atom. The van der Waals surface area contributed by atoms with Crippen molar-refractivity contribution in [3.8, 4) is 5.75 Å². The standard InChI is InChI=1S/C19H26N4O4/c1-14-21-17(22-27-14)12-26-16-6-4-15(5-7-16)18(24)20-13-19(2,3)23-8-10-25-11-9-23/h4-7H,8-13H2,1-3H3,(H,20,24). The second-order valence-corrected chi connectivity index (χ2v) is 7.14. The van der Waals surface area contributed by atoms with Gasteiger partial charge in [0.2, 0.25) is 11.7 Å². The number of nitrogens with zero attached hydrogens (tertiary/aromatic N) is 3. The van der Waals surface area contributed by atoms with E-state index in [9.17, 15) is 4.79 Å². The molecule has 1 N–H and O–H groups in total. The normalized spacial score (nSPS) is 15.5. The monoisotopic (exact) mass is 374 g/mol. The van der Waals surface area contributed by atoms with Crippen LogP contribution in [0.5, 0.6) is 5.75 Å². The Kier molecular flexibility index (Phi) is 6.08. The molecule has 1 fully saturated rings. The van der Waals surface area contributed by atoms with Crippen molar-refractivity contribution in [2.45, 2.75) is 32.9 Å². The van der Waals surface area contributed by atoms with E-state index in [0.29, 0.717) is 29.6 Å². The Hall–Kier alpha value is -2.45. The third-order valence-electron chi connectivity index (χ3n) is 4.60. The van der Waals surface area contributed by atoms with Gasteiger partial charge in [-0.3, -0.25) is 9.69 Å². The number of nitrogens with one attached hydrogen (secondary N) is 1. The summed E-state index contributed by atoms with van der Waals surface area (Å²) >= 11 is 0. The highest BCUT2D eigenvalue weighted by molar-refractivity contribution is 5.94. The highest BCUT2D eigenvalue weighted by atomic mass is 16.5. The van der Waals surface area contributed by atoms with Crippen LogP contribution >= 0.6 is 0 Å². The van der Waals surface area contributed by atoms with Crippen molar-refractivity contribution in [2.24, 2.45) is 0 Å². The zero-order chi connectivity index (χ0) is 19.3. The van der Waals surface area contributed by atoms with Crippen LogP contribution in [0, 0.1) is 6.92 Å². The van der Waals surface area contributed by atoms with Crippen molar-refractivity contribution in [3.05, 3.63) is 41.5 Å². The average molecular weight is 374 g/mol. The van der Waals surface area contributed by atoms with Crippen LogP contribution < -0.4 is 10.1 Å². The average Bonchev–Trinajstić information content (AvgIpc) is 3.11. The second-order valence-electron chi connectivity index (χ2n) is 7.14. The first-order valence-corrected chi connectivity index (χ1v) is 9.07. The number of morpholine rings is 1. The van der Waals surface area contributed by atoms with E-state index in [-0.39, 0.29) is 18.1 Å². The first kappa shape index (κ1) is 19.3. The summed E-state index contributed by atoms with van der Waals surface area (Å²) in [6.45, 7) is 10.0. The van der Waals surface area contributed by atoms with Gasteiger partial charge < -0.3 is 19.3 Å². The number of aromatic nitrogens is 2. The molecular formula is C19H26N4O4. The van der Waals surface area contributed by atoms with Gasteiger partial charge in [-0.2, -0.15) is 4.98 Å². The van der Waals surface area contributed by atoms with Crippen molar-refractivity contribution in [3.63, 3.8) is 0 Å². The summed E-state index contributed by atoms with van der Waals surface area (Å²) in [6.07, 6.45) is 0. The van der Waals surface area contributed by atoms with E-state index in [1.807, 2.05) is 0 Å². The number of amides is 1. The number of ether oxygens (including phenoxy) is 2. The lowest BCUT2D eigenvalue weighted by Gasteiger charge is -2.40. The maximum Gasteiger partial charge on any atom is 0.251 e. The minimum absolute atomic E-state index is 0.100. The van der Waals surface area contributed by atoms with Crippen molar-refractivity contribution in [1.82, 2.24) is 20.4 Å². The first-order valence-electron chi connectivity index (χ1n) is 9.07. The van der Waals surface area contributed by atoms with Crippen molar-refractivity contribution in [2.75, 3.05) is 32.8 Å². The predicted molar refractivity (Wildman–Crippen MR) is 98.6 cm³/mol. The largest absolute Gasteiger partial charge is 0.485 e. The van der Waals surface area contributed by atoms with Gasteiger partial charge in [-0.1, -0.05) is 5.16 Å². The molecule has 0 atom stereocenters.